The summed E-state index contributed by atoms with van der Waals surface area (Å²) in [5.41, 5.74) is 1.50. The largest absolute Gasteiger partial charge is 0.347 e. The fourth-order valence-electron chi connectivity index (χ4n) is 1.77. The molecule has 114 valence electrons. The van der Waals surface area contributed by atoms with Crippen LogP contribution in [-0.4, -0.2) is 28.2 Å². The van der Waals surface area contributed by atoms with E-state index in [1.54, 1.807) is 10.9 Å². The molecule has 1 aromatic carbocycles. The molecule has 0 N–H and O–H groups in total. The Morgan fingerprint density at radius 3 is 2.19 bits per heavy atom. The fraction of sp³-hybridized carbons (Fsp3) is 0.385. The monoisotopic (exact) mass is 481 g/mol. The number of ether oxygens (including phenoxy) is 2. The summed E-state index contributed by atoms with van der Waals surface area (Å²) >= 11 is 10.5. The molecule has 8 heteroatoms. The third-order valence-corrected chi connectivity index (χ3v) is 4.27. The van der Waals surface area contributed by atoms with Gasteiger partial charge >= 0.3 is 0 Å². The summed E-state index contributed by atoms with van der Waals surface area (Å²) < 4.78 is 15.5. The molecule has 0 aliphatic rings. The lowest BCUT2D eigenvalue weighted by Gasteiger charge is -2.13. The molecule has 0 bridgehead atoms. The van der Waals surface area contributed by atoms with Crippen LogP contribution >= 0.6 is 47.8 Å². The second kappa shape index (κ2) is 7.82. The molecule has 1 aromatic heterocycles. The highest BCUT2D eigenvalue weighted by Gasteiger charge is 2.18. The van der Waals surface area contributed by atoms with Gasteiger partial charge in [-0.15, -0.1) is 5.10 Å². The molecule has 5 nitrogen and oxygen atoms in total. The standard InChI is InChI=1S/C13H14Br3N3O2/c1-3-20-13(21-4-2)11-7-19(18-17-11)12-9(15)5-8(14)6-10(12)16/h5-7,13H,3-4H2,1-2H3. The van der Waals surface area contributed by atoms with Crippen molar-refractivity contribution in [1.29, 1.82) is 0 Å². The van der Waals surface area contributed by atoms with Crippen molar-refractivity contribution in [1.82, 2.24) is 15.0 Å². The van der Waals surface area contributed by atoms with Crippen molar-refractivity contribution >= 4 is 47.8 Å². The molecule has 0 aliphatic heterocycles. The smallest absolute Gasteiger partial charge is 0.204 e. The van der Waals surface area contributed by atoms with Gasteiger partial charge in [-0.3, -0.25) is 0 Å². The summed E-state index contributed by atoms with van der Waals surface area (Å²) in [4.78, 5) is 0. The molecule has 0 atom stereocenters. The van der Waals surface area contributed by atoms with Gasteiger partial charge in [0.2, 0.25) is 6.29 Å². The van der Waals surface area contributed by atoms with Crippen LogP contribution in [0.2, 0.25) is 0 Å². The molecule has 0 unspecified atom stereocenters. The van der Waals surface area contributed by atoms with E-state index in [9.17, 15) is 0 Å². The van der Waals surface area contributed by atoms with Crippen molar-refractivity contribution in [3.05, 3.63) is 37.4 Å². The second-order valence-corrected chi connectivity index (χ2v) is 6.67. The van der Waals surface area contributed by atoms with Crippen LogP contribution in [0.5, 0.6) is 0 Å². The maximum atomic E-state index is 5.53. The van der Waals surface area contributed by atoms with Crippen molar-refractivity contribution in [3.8, 4) is 5.69 Å². The predicted molar refractivity (Wildman–Crippen MR) is 90.5 cm³/mol. The summed E-state index contributed by atoms with van der Waals surface area (Å²) in [5, 5.41) is 8.30. The number of rotatable bonds is 6. The highest BCUT2D eigenvalue weighted by molar-refractivity contribution is 9.11. The molecule has 0 saturated carbocycles. The van der Waals surface area contributed by atoms with Gasteiger partial charge in [-0.25, -0.2) is 4.68 Å². The van der Waals surface area contributed by atoms with E-state index in [4.69, 9.17) is 9.47 Å². The number of benzene rings is 1. The zero-order valence-electron chi connectivity index (χ0n) is 11.5. The zero-order valence-corrected chi connectivity index (χ0v) is 16.3. The van der Waals surface area contributed by atoms with Gasteiger partial charge in [0.25, 0.3) is 0 Å². The topological polar surface area (TPSA) is 49.2 Å². The highest BCUT2D eigenvalue weighted by atomic mass is 79.9. The SMILES string of the molecule is CCOC(OCC)c1cn(-c2c(Br)cc(Br)cc2Br)nn1. The van der Waals surface area contributed by atoms with E-state index in [0.29, 0.717) is 18.9 Å². The van der Waals surface area contributed by atoms with Crippen LogP contribution < -0.4 is 0 Å². The number of hydrogen-bond donors (Lipinski definition) is 0. The normalized spacial score (nSPS) is 11.3. The van der Waals surface area contributed by atoms with Crippen LogP contribution in [0.4, 0.5) is 0 Å². The number of hydrogen-bond acceptors (Lipinski definition) is 4. The van der Waals surface area contributed by atoms with E-state index in [2.05, 4.69) is 58.1 Å². The Kier molecular flexibility index (Phi) is 6.36. The number of nitrogens with zero attached hydrogens (tertiary/aromatic N) is 3. The van der Waals surface area contributed by atoms with E-state index in [1.165, 1.54) is 0 Å². The average Bonchev–Trinajstić information content (AvgIpc) is 2.86. The van der Waals surface area contributed by atoms with Crippen LogP contribution in [0.1, 0.15) is 25.8 Å². The van der Waals surface area contributed by atoms with Crippen molar-refractivity contribution < 1.29 is 9.47 Å². The predicted octanol–water partition coefficient (Wildman–Crippen LogP) is 4.63. The third kappa shape index (κ3) is 4.13. The molecule has 0 radical (unpaired) electrons. The summed E-state index contributed by atoms with van der Waals surface area (Å²) in [6, 6.07) is 3.90. The molecule has 0 saturated heterocycles. The fourth-order valence-corrected chi connectivity index (χ4v) is 4.39. The first kappa shape index (κ1) is 17.1. The van der Waals surface area contributed by atoms with Crippen LogP contribution in [0, 0.1) is 0 Å². The van der Waals surface area contributed by atoms with E-state index < -0.39 is 6.29 Å². The lowest BCUT2D eigenvalue weighted by atomic mass is 10.3. The second-order valence-electron chi connectivity index (χ2n) is 4.05. The maximum absolute atomic E-state index is 5.53. The Balaban J connectivity index is 2.35. The minimum Gasteiger partial charge on any atom is -0.347 e. The first-order chi connectivity index (χ1) is 10.1. The summed E-state index contributed by atoms with van der Waals surface area (Å²) in [5.74, 6) is 0. The van der Waals surface area contributed by atoms with E-state index in [1.807, 2.05) is 26.0 Å². The van der Waals surface area contributed by atoms with Crippen LogP contribution in [0.25, 0.3) is 5.69 Å². The molecular weight excluding hydrogens is 470 g/mol. The third-order valence-electron chi connectivity index (χ3n) is 2.60. The Labute approximate surface area is 148 Å². The Morgan fingerprint density at radius 1 is 1.10 bits per heavy atom. The average molecular weight is 484 g/mol. The van der Waals surface area contributed by atoms with Gasteiger partial charge < -0.3 is 9.47 Å². The minimum absolute atomic E-state index is 0.498. The Bertz CT molecular complexity index is 589. The molecule has 0 aliphatic carbocycles. The van der Waals surface area contributed by atoms with Gasteiger partial charge in [-0.1, -0.05) is 21.1 Å². The van der Waals surface area contributed by atoms with Crippen LogP contribution in [-0.2, 0) is 9.47 Å². The summed E-state index contributed by atoms with van der Waals surface area (Å²) in [6.45, 7) is 4.92. The molecule has 0 fully saturated rings. The lowest BCUT2D eigenvalue weighted by molar-refractivity contribution is -0.142. The minimum atomic E-state index is -0.498. The molecule has 1 heterocycles. The Hall–Kier alpha value is -0.280. The zero-order chi connectivity index (χ0) is 15.4. The van der Waals surface area contributed by atoms with Gasteiger partial charge in [-0.2, -0.15) is 0 Å². The molecule has 0 spiro atoms. The first-order valence-corrected chi connectivity index (χ1v) is 8.75. The van der Waals surface area contributed by atoms with Gasteiger partial charge in [0.15, 0.2) is 0 Å². The van der Waals surface area contributed by atoms with Crippen molar-refractivity contribution in [2.45, 2.75) is 20.1 Å². The molecule has 2 aromatic rings. The van der Waals surface area contributed by atoms with Crippen molar-refractivity contribution in [2.24, 2.45) is 0 Å². The molecule has 2 rings (SSSR count). The quantitative estimate of drug-likeness (QED) is 0.562. The lowest BCUT2D eigenvalue weighted by Crippen LogP contribution is -2.09. The Morgan fingerprint density at radius 2 is 1.67 bits per heavy atom. The summed E-state index contributed by atoms with van der Waals surface area (Å²) in [7, 11) is 0. The molecule has 21 heavy (non-hydrogen) atoms. The van der Waals surface area contributed by atoms with Gasteiger partial charge in [0.1, 0.15) is 5.69 Å². The van der Waals surface area contributed by atoms with Gasteiger partial charge in [0.05, 0.1) is 11.9 Å². The summed E-state index contributed by atoms with van der Waals surface area (Å²) in [6.07, 6.45) is 1.30. The molecular formula is C13H14Br3N3O2. The van der Waals surface area contributed by atoms with Gasteiger partial charge in [0, 0.05) is 26.6 Å². The highest BCUT2D eigenvalue weighted by Crippen LogP contribution is 2.32. The number of aromatic nitrogens is 3. The van der Waals surface area contributed by atoms with E-state index in [0.717, 1.165) is 19.1 Å². The first-order valence-electron chi connectivity index (χ1n) is 6.37. The van der Waals surface area contributed by atoms with Crippen molar-refractivity contribution in [2.75, 3.05) is 13.2 Å². The number of halogens is 3. The van der Waals surface area contributed by atoms with E-state index >= 15 is 0 Å². The van der Waals surface area contributed by atoms with Gasteiger partial charge in [-0.05, 0) is 57.8 Å². The van der Waals surface area contributed by atoms with E-state index in [-0.39, 0.29) is 0 Å². The van der Waals surface area contributed by atoms with Crippen LogP contribution in [0.15, 0.2) is 31.7 Å². The van der Waals surface area contributed by atoms with Crippen molar-refractivity contribution in [3.63, 3.8) is 0 Å². The van der Waals surface area contributed by atoms with Crippen LogP contribution in [0.3, 0.4) is 0 Å². The maximum Gasteiger partial charge on any atom is 0.204 e. The molecule has 0 amide bonds.